The number of carboxylic acids is 1. The van der Waals surface area contributed by atoms with Gasteiger partial charge >= 0.3 is 11.9 Å². The second kappa shape index (κ2) is 11.7. The number of aromatic nitrogens is 1. The predicted octanol–water partition coefficient (Wildman–Crippen LogP) is 4.00. The summed E-state index contributed by atoms with van der Waals surface area (Å²) in [6, 6.07) is 2.11. The Morgan fingerprint density at radius 2 is 2.05 bits per heavy atom. The van der Waals surface area contributed by atoms with E-state index in [1.165, 1.54) is 17.4 Å². The van der Waals surface area contributed by atoms with Crippen molar-refractivity contribution in [3.8, 4) is 0 Å². The molecule has 0 spiro atoms. The van der Waals surface area contributed by atoms with Crippen molar-refractivity contribution in [1.29, 1.82) is 0 Å². The molecule has 2 N–H and O–H groups in total. The highest BCUT2D eigenvalue weighted by Crippen LogP contribution is 2.45. The van der Waals surface area contributed by atoms with Crippen molar-refractivity contribution in [2.75, 3.05) is 32.8 Å². The molecule has 9 nitrogen and oxygen atoms in total. The number of alkyl halides is 2. The molecule has 1 aliphatic carbocycles. The summed E-state index contributed by atoms with van der Waals surface area (Å²) in [5.41, 5.74) is 1.32. The Balaban J connectivity index is 1.35. The molecule has 0 unspecified atom stereocenters. The summed E-state index contributed by atoms with van der Waals surface area (Å²) in [5, 5.41) is 15.0. The highest BCUT2D eigenvalue weighted by atomic mass is 32.1. The average molecular weight is 618 g/mol. The minimum atomic E-state index is -3.03. The van der Waals surface area contributed by atoms with E-state index in [9.17, 15) is 19.1 Å². The van der Waals surface area contributed by atoms with Crippen molar-refractivity contribution < 1.29 is 32.6 Å². The van der Waals surface area contributed by atoms with Crippen LogP contribution >= 0.6 is 11.3 Å². The van der Waals surface area contributed by atoms with Crippen molar-refractivity contribution in [3.63, 3.8) is 0 Å². The van der Waals surface area contributed by atoms with E-state index >= 15 is 8.78 Å². The Morgan fingerprint density at radius 3 is 2.72 bits per heavy atom. The van der Waals surface area contributed by atoms with E-state index in [0.717, 1.165) is 6.42 Å². The summed E-state index contributed by atoms with van der Waals surface area (Å²) in [5.74, 6) is -5.25. The third kappa shape index (κ3) is 5.46. The van der Waals surface area contributed by atoms with Gasteiger partial charge in [0.1, 0.15) is 11.9 Å². The highest BCUT2D eigenvalue weighted by molar-refractivity contribution is 7.11. The second-order valence-corrected chi connectivity index (χ2v) is 12.5. The number of halogens is 3. The molecule has 4 aliphatic rings. The Hall–Kier alpha value is -3.29. The lowest BCUT2D eigenvalue weighted by Crippen LogP contribution is -2.49. The Bertz CT molecular complexity index is 1470. The van der Waals surface area contributed by atoms with Gasteiger partial charge in [-0.25, -0.2) is 22.9 Å². The van der Waals surface area contributed by atoms with Crippen LogP contribution in [0.15, 0.2) is 46.0 Å². The number of nitrogens with one attached hydrogen (secondary N) is 1. The van der Waals surface area contributed by atoms with Crippen molar-refractivity contribution in [2.24, 2.45) is 16.8 Å². The molecule has 13 heteroatoms. The number of rotatable bonds is 9. The molecule has 0 amide bonds. The van der Waals surface area contributed by atoms with Gasteiger partial charge in [-0.3, -0.25) is 19.6 Å². The number of nitrogens with zero attached hydrogens (tertiary/aromatic N) is 4. The first-order chi connectivity index (χ1) is 20.6. The van der Waals surface area contributed by atoms with Crippen LogP contribution in [-0.4, -0.2) is 88.5 Å². The third-order valence-corrected chi connectivity index (χ3v) is 9.99. The van der Waals surface area contributed by atoms with Crippen molar-refractivity contribution in [2.45, 2.75) is 57.2 Å². The fourth-order valence-electron chi connectivity index (χ4n) is 7.01. The number of esters is 1. The Labute approximate surface area is 251 Å². The van der Waals surface area contributed by atoms with E-state index in [4.69, 9.17) is 9.73 Å². The molecular weight excluding hydrogens is 583 g/mol. The van der Waals surface area contributed by atoms with E-state index in [1.807, 2.05) is 0 Å². The zero-order chi connectivity index (χ0) is 30.5. The number of fused-ring (bicyclic) bond motifs is 1. The molecule has 3 aliphatic heterocycles. The minimum absolute atomic E-state index is 0.00478. The number of hydrogen-bond donors (Lipinski definition) is 2. The fourth-order valence-corrected chi connectivity index (χ4v) is 7.60. The maximum Gasteiger partial charge on any atom is 0.338 e. The normalized spacial score (nSPS) is 28.7. The summed E-state index contributed by atoms with van der Waals surface area (Å²) in [4.78, 5) is 37.6. The summed E-state index contributed by atoms with van der Waals surface area (Å²) >= 11 is 1.33. The maximum absolute atomic E-state index is 15.7. The van der Waals surface area contributed by atoms with Gasteiger partial charge in [0.2, 0.25) is 0 Å². The molecular formula is C30H34F3N5O4S. The van der Waals surface area contributed by atoms with Crippen molar-refractivity contribution in [3.05, 3.63) is 63.0 Å². The summed E-state index contributed by atoms with van der Waals surface area (Å²) in [6.45, 7) is 3.64. The Morgan fingerprint density at radius 1 is 1.23 bits per heavy atom. The van der Waals surface area contributed by atoms with E-state index in [0.29, 0.717) is 53.6 Å². The van der Waals surface area contributed by atoms with Gasteiger partial charge in [-0.05, 0) is 56.2 Å². The summed E-state index contributed by atoms with van der Waals surface area (Å²) in [6.07, 6.45) is 3.41. The van der Waals surface area contributed by atoms with Gasteiger partial charge in [-0.15, -0.1) is 11.3 Å². The van der Waals surface area contributed by atoms with Crippen LogP contribution in [0.3, 0.4) is 0 Å². The molecule has 43 heavy (non-hydrogen) atoms. The predicted molar refractivity (Wildman–Crippen MR) is 153 cm³/mol. The van der Waals surface area contributed by atoms with Crippen LogP contribution in [0.1, 0.15) is 48.4 Å². The van der Waals surface area contributed by atoms with Crippen molar-refractivity contribution in [1.82, 2.24) is 20.1 Å². The van der Waals surface area contributed by atoms with Gasteiger partial charge in [-0.1, -0.05) is 12.1 Å². The van der Waals surface area contributed by atoms with E-state index < -0.39 is 54.3 Å². The van der Waals surface area contributed by atoms with Crippen molar-refractivity contribution >= 4 is 29.1 Å². The van der Waals surface area contributed by atoms with Gasteiger partial charge in [0.15, 0.2) is 10.8 Å². The number of amidine groups is 1. The van der Waals surface area contributed by atoms with Gasteiger partial charge in [-0.2, -0.15) is 0 Å². The lowest BCUT2D eigenvalue weighted by molar-refractivity contribution is -0.148. The van der Waals surface area contributed by atoms with Crippen LogP contribution in [0.25, 0.3) is 0 Å². The monoisotopic (exact) mass is 617 g/mol. The molecule has 2 aromatic rings. The van der Waals surface area contributed by atoms with Crippen LogP contribution in [0.4, 0.5) is 13.2 Å². The first-order valence-corrected chi connectivity index (χ1v) is 15.5. The molecule has 1 saturated carbocycles. The number of carbonyl (C=O) groups excluding carboxylic acids is 1. The molecule has 1 aromatic heterocycles. The summed E-state index contributed by atoms with van der Waals surface area (Å²) in [7, 11) is 0. The number of likely N-dealkylation sites (tertiary alicyclic amines) is 2. The molecule has 3 fully saturated rings. The zero-order valence-electron chi connectivity index (χ0n) is 23.9. The Kier molecular flexibility index (Phi) is 8.07. The number of carboxylic acid groups (broad SMARTS) is 1. The number of carbonyl (C=O) groups is 2. The number of hydrogen-bond acceptors (Lipinski definition) is 9. The summed E-state index contributed by atoms with van der Waals surface area (Å²) < 4.78 is 51.5. The average Bonchev–Trinajstić information content (AvgIpc) is 3.67. The lowest BCUT2D eigenvalue weighted by atomic mass is 9.73. The first kappa shape index (κ1) is 29.8. The van der Waals surface area contributed by atoms with Gasteiger partial charge < -0.3 is 15.2 Å². The van der Waals surface area contributed by atoms with Crippen LogP contribution < -0.4 is 5.32 Å². The SMILES string of the molecule is CCOC(=O)C1=C(CN2CC(F)(F)[C@H]3[C@@H]2CCN3C[C@H]2CC[C@H]2C(=O)O)NC(c2nccs2)=N[C@H]1c1cccc(F)c1C. The smallest absolute Gasteiger partial charge is 0.338 e. The van der Waals surface area contributed by atoms with Gasteiger partial charge in [0, 0.05) is 43.0 Å². The van der Waals surface area contributed by atoms with Crippen LogP contribution in [0, 0.1) is 24.6 Å². The highest BCUT2D eigenvalue weighted by Gasteiger charge is 2.60. The second-order valence-electron chi connectivity index (χ2n) is 11.7. The standard InChI is InChI=1S/C30H34F3N5O4S/c1-3-42-29(41)23-21(35-26(27-34-10-12-43-27)36-24(23)18-5-4-6-20(31)16(18)2)14-38-15-30(32,33)25-22(38)9-11-37(25)13-17-7-8-19(17)28(39)40/h4-6,10,12,17,19,22,24-25H,3,7-9,11,13-15H2,1-2H3,(H,35,36)(H,39,40)/t17-,19-,22+,24+,25-/m1/s1. The molecule has 230 valence electrons. The van der Waals surface area contributed by atoms with E-state index in [1.54, 1.807) is 47.4 Å². The fraction of sp³-hybridized carbons (Fsp3) is 0.533. The van der Waals surface area contributed by atoms with Crippen LogP contribution in [-0.2, 0) is 14.3 Å². The topological polar surface area (TPSA) is 107 Å². The van der Waals surface area contributed by atoms with Gasteiger partial charge in [0.05, 0.1) is 30.7 Å². The number of aliphatic imine (C=N–C) groups is 1. The molecule has 2 saturated heterocycles. The zero-order valence-corrected chi connectivity index (χ0v) is 24.7. The largest absolute Gasteiger partial charge is 0.481 e. The van der Waals surface area contributed by atoms with Crippen LogP contribution in [0.5, 0.6) is 0 Å². The molecule has 5 atom stereocenters. The maximum atomic E-state index is 15.7. The molecule has 6 rings (SSSR count). The minimum Gasteiger partial charge on any atom is -0.481 e. The number of aliphatic carboxylic acids is 1. The number of thiazole rings is 1. The van der Waals surface area contributed by atoms with Gasteiger partial charge in [0.25, 0.3) is 5.92 Å². The lowest BCUT2D eigenvalue weighted by Gasteiger charge is -2.38. The number of benzene rings is 1. The van der Waals surface area contributed by atoms with E-state index in [2.05, 4.69) is 10.3 Å². The number of ether oxygens (including phenoxy) is 1. The first-order valence-electron chi connectivity index (χ1n) is 14.6. The quantitative estimate of drug-likeness (QED) is 0.407. The molecule has 4 heterocycles. The van der Waals surface area contributed by atoms with Crippen LogP contribution in [0.2, 0.25) is 0 Å². The van der Waals surface area contributed by atoms with E-state index in [-0.39, 0.29) is 24.6 Å². The molecule has 0 bridgehead atoms. The molecule has 0 radical (unpaired) electrons. The molecule has 1 aromatic carbocycles. The third-order valence-electron chi connectivity index (χ3n) is 9.21.